The molecule has 24 nitrogen and oxygen atoms in total. The third kappa shape index (κ3) is 27.1. The summed E-state index contributed by atoms with van der Waals surface area (Å²) in [6, 6.07) is 4.42. The molecule has 2 aliphatic rings. The van der Waals surface area contributed by atoms with E-state index in [1.165, 1.54) is 9.80 Å². The molecule has 4 amide bonds. The van der Waals surface area contributed by atoms with Gasteiger partial charge in [-0.25, -0.2) is 4.79 Å². The quantitative estimate of drug-likeness (QED) is 0.0282. The molecule has 450 valence electrons. The Morgan fingerprint density at radius 2 is 1.12 bits per heavy atom. The number of carboxylic acid groups (broad SMARTS) is 4. The van der Waals surface area contributed by atoms with Gasteiger partial charge < -0.3 is 67.1 Å². The number of carbonyl (C=O) groups is 10. The van der Waals surface area contributed by atoms with Crippen molar-refractivity contribution in [3.63, 3.8) is 0 Å². The van der Waals surface area contributed by atoms with E-state index in [0.29, 0.717) is 57.2 Å². The van der Waals surface area contributed by atoms with Crippen LogP contribution in [0.5, 0.6) is 0 Å². The maximum atomic E-state index is 14.6. The Morgan fingerprint density at radius 3 is 1.59 bits per heavy atom. The van der Waals surface area contributed by atoms with Gasteiger partial charge in [-0.1, -0.05) is 70.9 Å². The van der Waals surface area contributed by atoms with Gasteiger partial charge in [-0.05, 0) is 81.9 Å². The van der Waals surface area contributed by atoms with Crippen molar-refractivity contribution in [2.24, 2.45) is 35.1 Å². The molecular formula is C56H89GaN10O14. The Morgan fingerprint density at radius 1 is 0.630 bits per heavy atom. The Kier molecular flexibility index (Phi) is 34.1. The van der Waals surface area contributed by atoms with Gasteiger partial charge in [0.1, 0.15) is 23.9 Å². The van der Waals surface area contributed by atoms with Crippen LogP contribution in [0.25, 0.3) is 0 Å². The van der Waals surface area contributed by atoms with Crippen LogP contribution in [-0.4, -0.2) is 231 Å². The average molecular weight is 1200 g/mol. The van der Waals surface area contributed by atoms with E-state index in [-0.39, 0.29) is 142 Å². The Labute approximate surface area is 490 Å². The minimum absolute atomic E-state index is 0. The number of rotatable bonds is 35. The molecule has 2 saturated heterocycles. The number of hydrogen-bond acceptors (Lipinski definition) is 19. The molecule has 25 heteroatoms. The molecule has 0 spiro atoms. The number of likely N-dealkylation sites (tertiary alicyclic amines) is 1. The Bertz CT molecular complexity index is 2150. The third-order valence-electron chi connectivity index (χ3n) is 15.0. The number of carboxylic acids is 4. The molecule has 81 heavy (non-hydrogen) atoms. The van der Waals surface area contributed by atoms with E-state index < -0.39 is 115 Å². The van der Waals surface area contributed by atoms with Gasteiger partial charge in [0.05, 0.1) is 30.5 Å². The smallest absolute Gasteiger partial charge is 0.549 e. The maximum Gasteiger partial charge on any atom is 3.00 e. The van der Waals surface area contributed by atoms with E-state index in [9.17, 15) is 68.4 Å². The first kappa shape index (κ1) is 71.8. The summed E-state index contributed by atoms with van der Waals surface area (Å²) in [6.45, 7) is 7.83. The summed E-state index contributed by atoms with van der Waals surface area (Å²) in [5.74, 6) is -10.6. The minimum atomic E-state index is -1.35. The van der Waals surface area contributed by atoms with Gasteiger partial charge >= 0.3 is 25.8 Å². The number of aliphatic carboxylic acids is 4. The molecule has 2 heterocycles. The van der Waals surface area contributed by atoms with Crippen LogP contribution in [0.4, 0.5) is 0 Å². The van der Waals surface area contributed by atoms with Crippen molar-refractivity contribution in [2.45, 2.75) is 135 Å². The second-order valence-corrected chi connectivity index (χ2v) is 21.9. The zero-order valence-electron chi connectivity index (χ0n) is 48.0. The van der Waals surface area contributed by atoms with Crippen LogP contribution in [-0.2, 0) is 54.4 Å². The molecule has 0 unspecified atom stereocenters. The SMILES string of the molecule is CC[C@H](C)[C@H](NC(=O)[C@@H](CC(=O)CN1CCN(CC(=O)[O-])CCN(CC(=O)[O-])CCN(CC(=O)[O-])CC1)CC(C)C)C(=O)C[C@@H](CCCCN)C(=O)N[C@@H](CCCCN)C(=O)N1CCC[C@H]1C(=O)N[C@@H](Cc1ccccc1)C(=O)O.[Ga+3]. The number of amides is 4. The number of hydrogen-bond donors (Lipinski definition) is 6. The summed E-state index contributed by atoms with van der Waals surface area (Å²) < 4.78 is 0. The van der Waals surface area contributed by atoms with E-state index in [4.69, 9.17) is 11.5 Å². The van der Waals surface area contributed by atoms with Gasteiger partial charge in [-0.15, -0.1) is 0 Å². The molecule has 2 aliphatic heterocycles. The van der Waals surface area contributed by atoms with Crippen LogP contribution in [0.3, 0.4) is 0 Å². The molecule has 2 fully saturated rings. The first-order valence-electron chi connectivity index (χ1n) is 28.5. The average Bonchev–Trinajstić information content (AvgIpc) is 3.97. The fourth-order valence-corrected chi connectivity index (χ4v) is 10.3. The number of benzene rings is 1. The predicted octanol–water partition coefficient (Wildman–Crippen LogP) is -3.65. The topological polar surface area (TPSA) is 364 Å². The number of unbranched alkanes of at least 4 members (excludes halogenated alkanes) is 2. The van der Waals surface area contributed by atoms with Crippen LogP contribution in [0.2, 0.25) is 0 Å². The predicted molar refractivity (Wildman–Crippen MR) is 296 cm³/mol. The fraction of sp³-hybridized carbons (Fsp3) is 0.714. The first-order chi connectivity index (χ1) is 38.0. The van der Waals surface area contributed by atoms with Crippen molar-refractivity contribution in [2.75, 3.05) is 98.2 Å². The zero-order chi connectivity index (χ0) is 59.3. The minimum Gasteiger partial charge on any atom is -0.549 e. The van der Waals surface area contributed by atoms with Gasteiger partial charge in [-0.2, -0.15) is 0 Å². The van der Waals surface area contributed by atoms with Crippen molar-refractivity contribution in [3.05, 3.63) is 35.9 Å². The number of carbonyl (C=O) groups excluding carboxylic acids is 9. The van der Waals surface area contributed by atoms with Gasteiger partial charge in [0.15, 0.2) is 5.78 Å². The van der Waals surface area contributed by atoms with Crippen LogP contribution >= 0.6 is 0 Å². The third-order valence-corrected chi connectivity index (χ3v) is 15.0. The summed E-state index contributed by atoms with van der Waals surface area (Å²) in [5.41, 5.74) is 12.4. The summed E-state index contributed by atoms with van der Waals surface area (Å²) in [7, 11) is 0. The number of Topliss-reactive ketones (excluding diaryl/α,β-unsaturated/α-hetero) is 2. The molecule has 1 aromatic rings. The van der Waals surface area contributed by atoms with Crippen LogP contribution in [0, 0.1) is 23.7 Å². The molecule has 0 bridgehead atoms. The second-order valence-electron chi connectivity index (χ2n) is 21.9. The molecule has 8 N–H and O–H groups in total. The van der Waals surface area contributed by atoms with Crippen LogP contribution < -0.4 is 42.7 Å². The van der Waals surface area contributed by atoms with E-state index >= 15 is 0 Å². The van der Waals surface area contributed by atoms with E-state index in [1.54, 1.807) is 52.0 Å². The molecule has 3 rings (SSSR count). The summed E-state index contributed by atoms with van der Waals surface area (Å²) in [4.78, 5) is 141. The van der Waals surface area contributed by atoms with Gasteiger partial charge in [0.25, 0.3) is 0 Å². The van der Waals surface area contributed by atoms with Crippen LogP contribution in [0.15, 0.2) is 30.3 Å². The Hall–Kier alpha value is -5.28. The standard InChI is InChI=1S/C56H92N10O14.Ga/c1-5-39(4)51(61-53(76)42(30-38(2)3)32-43(67)34-62-22-24-63(35-48(69)70)26-28-65(37-50(73)74)29-27-64(25-23-62)36-49(71)72)47(68)33-41(16-9-11-19-57)52(75)59-44(17-10-12-20-58)55(78)66-21-13-18-46(66)54(77)60-45(56(79)80)31-40-14-7-6-8-15-40;/h6-8,14-15,38-39,41-42,44-46,51H,5,9-13,16-37,57-58H2,1-4H3,(H,59,75)(H,60,77)(H,61,76)(H,69,70)(H,71,72)(H,73,74)(H,79,80);/q;+3/p-3/t39-,41+,42+,44-,45-,46-,51-;/m0./s1. The van der Waals surface area contributed by atoms with E-state index in [2.05, 4.69) is 16.0 Å². The number of nitrogens with two attached hydrogens (primary N) is 2. The molecule has 0 radical (unpaired) electrons. The maximum absolute atomic E-state index is 14.6. The zero-order valence-corrected chi connectivity index (χ0v) is 50.4. The van der Waals surface area contributed by atoms with Crippen molar-refractivity contribution in [3.8, 4) is 0 Å². The van der Waals surface area contributed by atoms with Crippen molar-refractivity contribution >= 4 is 78.9 Å². The summed E-state index contributed by atoms with van der Waals surface area (Å²) in [5, 5.41) is 53.4. The molecule has 0 saturated carbocycles. The second kappa shape index (κ2) is 38.5. The largest absolute Gasteiger partial charge is 3.00 e. The molecular weight excluding hydrogens is 1110 g/mol. The van der Waals surface area contributed by atoms with Crippen molar-refractivity contribution in [1.82, 2.24) is 40.4 Å². The molecule has 1 aromatic carbocycles. The Balaban J connectivity index is 0.0000224. The van der Waals surface area contributed by atoms with E-state index in [0.717, 1.165) is 0 Å². The van der Waals surface area contributed by atoms with Crippen molar-refractivity contribution < 1.29 is 68.4 Å². The van der Waals surface area contributed by atoms with Crippen LogP contribution in [0.1, 0.15) is 110 Å². The monoisotopic (exact) mass is 1190 g/mol. The number of ketones is 2. The number of nitrogens with zero attached hydrogens (tertiary/aromatic N) is 5. The molecule has 7 atom stereocenters. The van der Waals surface area contributed by atoms with E-state index in [1.807, 2.05) is 20.8 Å². The van der Waals surface area contributed by atoms with Crippen molar-refractivity contribution in [1.29, 1.82) is 0 Å². The fourth-order valence-electron chi connectivity index (χ4n) is 10.3. The molecule has 0 aromatic heterocycles. The summed E-state index contributed by atoms with van der Waals surface area (Å²) in [6.07, 6.45) is 3.39. The van der Waals surface area contributed by atoms with Gasteiger partial charge in [0, 0.05) is 110 Å². The first-order valence-corrected chi connectivity index (χ1v) is 28.5. The van der Waals surface area contributed by atoms with Gasteiger partial charge in [0.2, 0.25) is 23.6 Å². The number of nitrogens with one attached hydrogen (secondary N) is 3. The normalized spacial score (nSPS) is 18.4. The summed E-state index contributed by atoms with van der Waals surface area (Å²) >= 11 is 0. The molecule has 0 aliphatic carbocycles. The van der Waals surface area contributed by atoms with Gasteiger partial charge in [-0.3, -0.25) is 48.4 Å².